The topological polar surface area (TPSA) is 126 Å². The van der Waals surface area contributed by atoms with Gasteiger partial charge in [-0.05, 0) is 55.0 Å². The van der Waals surface area contributed by atoms with E-state index in [1.807, 2.05) is 25.1 Å². The zero-order chi connectivity index (χ0) is 21.0. The second-order valence-electron chi connectivity index (χ2n) is 6.21. The SMILES string of the molecule is Cc1ccccc1NC(=O)C(C#N)=Cc1ccc(-c2ccc(S(N)(=O)=O)cc2)o1. The van der Waals surface area contributed by atoms with Gasteiger partial charge in [0.1, 0.15) is 23.2 Å². The Labute approximate surface area is 168 Å². The van der Waals surface area contributed by atoms with Crippen molar-refractivity contribution in [3.05, 3.63) is 77.6 Å². The van der Waals surface area contributed by atoms with Crippen molar-refractivity contribution in [2.24, 2.45) is 5.14 Å². The molecule has 3 N–H and O–H groups in total. The summed E-state index contributed by atoms with van der Waals surface area (Å²) in [5.41, 5.74) is 2.01. The third kappa shape index (κ3) is 4.79. The Hall–Kier alpha value is -3.67. The van der Waals surface area contributed by atoms with Gasteiger partial charge in [0.25, 0.3) is 5.91 Å². The molecule has 0 saturated heterocycles. The summed E-state index contributed by atoms with van der Waals surface area (Å²) < 4.78 is 28.3. The number of aryl methyl sites for hydroxylation is 1. The van der Waals surface area contributed by atoms with E-state index in [1.54, 1.807) is 36.4 Å². The summed E-state index contributed by atoms with van der Waals surface area (Å²) >= 11 is 0. The van der Waals surface area contributed by atoms with Gasteiger partial charge >= 0.3 is 0 Å². The molecule has 0 aliphatic heterocycles. The van der Waals surface area contributed by atoms with Gasteiger partial charge in [0.15, 0.2) is 0 Å². The number of nitrogens with zero attached hydrogens (tertiary/aromatic N) is 1. The Morgan fingerprint density at radius 3 is 2.41 bits per heavy atom. The van der Waals surface area contributed by atoms with Crippen LogP contribution in [-0.4, -0.2) is 14.3 Å². The average molecular weight is 407 g/mol. The van der Waals surface area contributed by atoms with Crippen molar-refractivity contribution in [3.8, 4) is 17.4 Å². The maximum atomic E-state index is 12.4. The highest BCUT2D eigenvalue weighted by molar-refractivity contribution is 7.89. The van der Waals surface area contributed by atoms with Gasteiger partial charge in [-0.2, -0.15) is 5.26 Å². The molecule has 0 spiro atoms. The summed E-state index contributed by atoms with van der Waals surface area (Å²) in [5, 5.41) is 17.1. The van der Waals surface area contributed by atoms with Crippen LogP contribution in [-0.2, 0) is 14.8 Å². The van der Waals surface area contributed by atoms with E-state index < -0.39 is 15.9 Å². The van der Waals surface area contributed by atoms with E-state index in [1.165, 1.54) is 18.2 Å². The first-order valence-corrected chi connectivity index (χ1v) is 10.0. The number of para-hydroxylation sites is 1. The smallest absolute Gasteiger partial charge is 0.266 e. The monoisotopic (exact) mass is 407 g/mol. The first-order chi connectivity index (χ1) is 13.8. The minimum atomic E-state index is -3.77. The molecule has 0 fully saturated rings. The number of nitrogens with one attached hydrogen (secondary N) is 1. The van der Waals surface area contributed by atoms with Crippen LogP contribution >= 0.6 is 0 Å². The second-order valence-corrected chi connectivity index (χ2v) is 7.77. The largest absolute Gasteiger partial charge is 0.457 e. The lowest BCUT2D eigenvalue weighted by molar-refractivity contribution is -0.112. The molecule has 8 heteroatoms. The van der Waals surface area contributed by atoms with E-state index in [0.29, 0.717) is 22.8 Å². The fraction of sp³-hybridized carbons (Fsp3) is 0.0476. The Balaban J connectivity index is 1.81. The maximum Gasteiger partial charge on any atom is 0.266 e. The summed E-state index contributed by atoms with van der Waals surface area (Å²) in [6.45, 7) is 1.85. The Morgan fingerprint density at radius 2 is 1.79 bits per heavy atom. The molecule has 0 bridgehead atoms. The van der Waals surface area contributed by atoms with E-state index in [2.05, 4.69) is 5.32 Å². The lowest BCUT2D eigenvalue weighted by Crippen LogP contribution is -2.14. The molecule has 29 heavy (non-hydrogen) atoms. The molecule has 1 aromatic heterocycles. The fourth-order valence-electron chi connectivity index (χ4n) is 2.59. The Kier molecular flexibility index (Phi) is 5.64. The van der Waals surface area contributed by atoms with Crippen LogP contribution in [0.4, 0.5) is 5.69 Å². The Bertz CT molecular complexity index is 1230. The molecule has 7 nitrogen and oxygen atoms in total. The molecular weight excluding hydrogens is 390 g/mol. The first kappa shape index (κ1) is 20.1. The zero-order valence-electron chi connectivity index (χ0n) is 15.4. The van der Waals surface area contributed by atoms with Crippen LogP contribution in [0.5, 0.6) is 0 Å². The molecule has 0 saturated carbocycles. The predicted octanol–water partition coefficient (Wildman–Crippen LogP) is 3.45. The number of benzene rings is 2. The molecule has 3 aromatic rings. The maximum absolute atomic E-state index is 12.4. The molecule has 1 amide bonds. The van der Waals surface area contributed by atoms with Gasteiger partial charge in [0.2, 0.25) is 10.0 Å². The molecule has 0 unspecified atom stereocenters. The van der Waals surface area contributed by atoms with Gasteiger partial charge < -0.3 is 9.73 Å². The number of amides is 1. The summed E-state index contributed by atoms with van der Waals surface area (Å²) in [4.78, 5) is 12.4. The number of rotatable bonds is 5. The fourth-order valence-corrected chi connectivity index (χ4v) is 3.10. The van der Waals surface area contributed by atoms with Gasteiger partial charge in [-0.1, -0.05) is 18.2 Å². The number of nitrogens with two attached hydrogens (primary N) is 1. The van der Waals surface area contributed by atoms with Crippen molar-refractivity contribution in [1.82, 2.24) is 0 Å². The lowest BCUT2D eigenvalue weighted by Gasteiger charge is -2.06. The zero-order valence-corrected chi connectivity index (χ0v) is 16.2. The lowest BCUT2D eigenvalue weighted by atomic mass is 10.1. The van der Waals surface area contributed by atoms with E-state index in [9.17, 15) is 18.5 Å². The molecular formula is C21H17N3O4S. The Morgan fingerprint density at radius 1 is 1.10 bits per heavy atom. The van der Waals surface area contributed by atoms with Crippen LogP contribution in [0, 0.1) is 18.3 Å². The van der Waals surface area contributed by atoms with Gasteiger partial charge in [0.05, 0.1) is 4.90 Å². The van der Waals surface area contributed by atoms with E-state index in [0.717, 1.165) is 5.56 Å². The highest BCUT2D eigenvalue weighted by atomic mass is 32.2. The number of hydrogen-bond donors (Lipinski definition) is 2. The number of primary sulfonamides is 1. The molecule has 0 aliphatic carbocycles. The standard InChI is InChI=1S/C21H17N3O4S/c1-14-4-2-3-5-19(14)24-21(25)16(13-22)12-17-8-11-20(28-17)15-6-9-18(10-7-15)29(23,26)27/h2-12H,1H3,(H,24,25)(H2,23,26,27). The number of nitriles is 1. The molecule has 0 radical (unpaired) electrons. The predicted molar refractivity (Wildman–Crippen MR) is 109 cm³/mol. The molecule has 0 aliphatic rings. The van der Waals surface area contributed by atoms with Crippen molar-refractivity contribution < 1.29 is 17.6 Å². The quantitative estimate of drug-likeness (QED) is 0.495. The van der Waals surface area contributed by atoms with Gasteiger partial charge in [-0.3, -0.25) is 4.79 Å². The highest BCUT2D eigenvalue weighted by Crippen LogP contribution is 2.25. The van der Waals surface area contributed by atoms with Gasteiger partial charge in [-0.25, -0.2) is 13.6 Å². The highest BCUT2D eigenvalue weighted by Gasteiger charge is 2.13. The van der Waals surface area contributed by atoms with Crippen LogP contribution < -0.4 is 10.5 Å². The van der Waals surface area contributed by atoms with E-state index in [4.69, 9.17) is 9.56 Å². The normalized spacial score (nSPS) is 11.7. The number of furan rings is 1. The van der Waals surface area contributed by atoms with E-state index in [-0.39, 0.29) is 10.5 Å². The number of carbonyl (C=O) groups excluding carboxylic acids is 1. The van der Waals surface area contributed by atoms with Crippen LogP contribution in [0.2, 0.25) is 0 Å². The number of anilines is 1. The first-order valence-electron chi connectivity index (χ1n) is 8.50. The van der Waals surface area contributed by atoms with Crippen molar-refractivity contribution in [2.75, 3.05) is 5.32 Å². The average Bonchev–Trinajstić information content (AvgIpc) is 3.16. The number of hydrogen-bond acceptors (Lipinski definition) is 5. The van der Waals surface area contributed by atoms with Crippen molar-refractivity contribution in [2.45, 2.75) is 11.8 Å². The van der Waals surface area contributed by atoms with Crippen LogP contribution in [0.15, 0.2) is 75.5 Å². The van der Waals surface area contributed by atoms with Crippen molar-refractivity contribution in [1.29, 1.82) is 5.26 Å². The van der Waals surface area contributed by atoms with Gasteiger partial charge in [0, 0.05) is 17.3 Å². The third-order valence-electron chi connectivity index (χ3n) is 4.14. The molecule has 0 atom stereocenters. The molecule has 146 valence electrons. The molecule has 3 rings (SSSR count). The third-order valence-corrected chi connectivity index (χ3v) is 5.07. The molecule has 2 aromatic carbocycles. The van der Waals surface area contributed by atoms with Crippen LogP contribution in [0.25, 0.3) is 17.4 Å². The summed E-state index contributed by atoms with van der Waals surface area (Å²) in [6, 6.07) is 18.3. The van der Waals surface area contributed by atoms with Crippen LogP contribution in [0.1, 0.15) is 11.3 Å². The van der Waals surface area contributed by atoms with Crippen molar-refractivity contribution >= 4 is 27.7 Å². The second kappa shape index (κ2) is 8.14. The minimum absolute atomic E-state index is 0.00688. The van der Waals surface area contributed by atoms with Gasteiger partial charge in [-0.15, -0.1) is 0 Å². The number of sulfonamides is 1. The van der Waals surface area contributed by atoms with Crippen LogP contribution in [0.3, 0.4) is 0 Å². The van der Waals surface area contributed by atoms with E-state index >= 15 is 0 Å². The summed E-state index contributed by atoms with van der Waals surface area (Å²) in [5.74, 6) is 0.220. The van der Waals surface area contributed by atoms with Crippen molar-refractivity contribution in [3.63, 3.8) is 0 Å². The molecule has 1 heterocycles. The minimum Gasteiger partial charge on any atom is -0.457 e. The number of carbonyl (C=O) groups is 1. The summed E-state index contributed by atoms with van der Waals surface area (Å²) in [7, 11) is -3.77. The summed E-state index contributed by atoms with van der Waals surface area (Å²) in [6.07, 6.45) is 1.34.